The van der Waals surface area contributed by atoms with Gasteiger partial charge in [-0.1, -0.05) is 48.5 Å². The van der Waals surface area contributed by atoms with Crippen LogP contribution in [0.2, 0.25) is 0 Å². The molecule has 3 aromatic carbocycles. The number of hydrogen-bond acceptors (Lipinski definition) is 4. The van der Waals surface area contributed by atoms with Crippen LogP contribution < -0.4 is 10.1 Å². The van der Waals surface area contributed by atoms with Gasteiger partial charge in [-0.3, -0.25) is 9.59 Å². The van der Waals surface area contributed by atoms with E-state index in [0.29, 0.717) is 12.2 Å². The Kier molecular flexibility index (Phi) is 6.71. The molecule has 0 aliphatic carbocycles. The van der Waals surface area contributed by atoms with Crippen molar-refractivity contribution in [2.75, 3.05) is 25.6 Å². The van der Waals surface area contributed by atoms with Gasteiger partial charge in [0.1, 0.15) is 6.61 Å². The van der Waals surface area contributed by atoms with Crippen molar-refractivity contribution in [2.24, 2.45) is 0 Å². The van der Waals surface area contributed by atoms with Crippen LogP contribution in [0, 0.1) is 5.82 Å². The molecule has 6 heteroatoms. The van der Waals surface area contributed by atoms with Crippen molar-refractivity contribution >= 4 is 17.4 Å². The number of anilines is 1. The molecule has 0 unspecified atom stereocenters. The largest absolute Gasteiger partial charge is 0.488 e. The average Bonchev–Trinajstić information content (AvgIpc) is 2.75. The van der Waals surface area contributed by atoms with E-state index in [0.717, 1.165) is 0 Å². The predicted molar refractivity (Wildman–Crippen MR) is 108 cm³/mol. The van der Waals surface area contributed by atoms with Gasteiger partial charge in [0.05, 0.1) is 12.2 Å². The maximum Gasteiger partial charge on any atom is 0.256 e. The van der Waals surface area contributed by atoms with Crippen LogP contribution in [0.5, 0.6) is 5.75 Å². The van der Waals surface area contributed by atoms with Crippen LogP contribution in [0.3, 0.4) is 0 Å². The van der Waals surface area contributed by atoms with Gasteiger partial charge < -0.3 is 14.8 Å². The van der Waals surface area contributed by atoms with Crippen molar-refractivity contribution in [1.82, 2.24) is 0 Å². The normalized spacial score (nSPS) is 10.4. The monoisotopic (exact) mass is 393 g/mol. The van der Waals surface area contributed by atoms with Crippen molar-refractivity contribution in [3.63, 3.8) is 0 Å². The van der Waals surface area contributed by atoms with Crippen LogP contribution in [-0.2, 0) is 4.74 Å². The van der Waals surface area contributed by atoms with Crippen molar-refractivity contribution in [3.8, 4) is 5.75 Å². The molecule has 0 aliphatic rings. The number of carbonyl (C=O) groups is 2. The molecule has 148 valence electrons. The Bertz CT molecular complexity index is 1000. The first-order chi connectivity index (χ1) is 14.1. The van der Waals surface area contributed by atoms with Crippen LogP contribution in [0.1, 0.15) is 26.3 Å². The summed E-state index contributed by atoms with van der Waals surface area (Å²) in [5, 5.41) is 2.63. The molecule has 0 fully saturated rings. The van der Waals surface area contributed by atoms with E-state index in [1.165, 1.54) is 25.3 Å². The fourth-order valence-electron chi connectivity index (χ4n) is 2.75. The number of nitrogens with one attached hydrogen (secondary N) is 1. The SMILES string of the molecule is COCCOc1ccc(NC(=O)c2ccccc2C(=O)c2ccccc2)cc1F. The maximum absolute atomic E-state index is 14.2. The number of benzene rings is 3. The molecule has 3 rings (SSSR count). The van der Waals surface area contributed by atoms with Gasteiger partial charge in [-0.2, -0.15) is 0 Å². The molecule has 0 aromatic heterocycles. The summed E-state index contributed by atoms with van der Waals surface area (Å²) in [5.41, 5.74) is 1.23. The molecule has 0 radical (unpaired) electrons. The fourth-order valence-corrected chi connectivity index (χ4v) is 2.75. The first-order valence-electron chi connectivity index (χ1n) is 9.01. The molecular weight excluding hydrogens is 373 g/mol. The Morgan fingerprint density at radius 2 is 1.59 bits per heavy atom. The first-order valence-corrected chi connectivity index (χ1v) is 9.01. The number of carbonyl (C=O) groups excluding carboxylic acids is 2. The van der Waals surface area contributed by atoms with Gasteiger partial charge in [-0.05, 0) is 18.2 Å². The van der Waals surface area contributed by atoms with E-state index in [4.69, 9.17) is 9.47 Å². The Balaban J connectivity index is 1.78. The highest BCUT2D eigenvalue weighted by Crippen LogP contribution is 2.22. The van der Waals surface area contributed by atoms with Gasteiger partial charge in [0.15, 0.2) is 17.3 Å². The van der Waals surface area contributed by atoms with Gasteiger partial charge in [0.2, 0.25) is 0 Å². The first kappa shape index (κ1) is 20.2. The van der Waals surface area contributed by atoms with Crippen LogP contribution >= 0.6 is 0 Å². The lowest BCUT2D eigenvalue weighted by Crippen LogP contribution is -2.17. The van der Waals surface area contributed by atoms with Crippen LogP contribution in [0.4, 0.5) is 10.1 Å². The van der Waals surface area contributed by atoms with E-state index in [2.05, 4.69) is 5.32 Å². The molecule has 0 saturated carbocycles. The lowest BCUT2D eigenvalue weighted by atomic mass is 9.98. The van der Waals surface area contributed by atoms with E-state index < -0.39 is 11.7 Å². The van der Waals surface area contributed by atoms with E-state index >= 15 is 0 Å². The summed E-state index contributed by atoms with van der Waals surface area (Å²) >= 11 is 0. The van der Waals surface area contributed by atoms with Crippen molar-refractivity contribution in [1.29, 1.82) is 0 Å². The zero-order valence-corrected chi connectivity index (χ0v) is 15.9. The number of ketones is 1. The molecule has 1 amide bonds. The van der Waals surface area contributed by atoms with Gasteiger partial charge in [0, 0.05) is 30.0 Å². The average molecular weight is 393 g/mol. The summed E-state index contributed by atoms with van der Waals surface area (Å²) in [6.45, 7) is 0.554. The van der Waals surface area contributed by atoms with Crippen LogP contribution in [0.15, 0.2) is 72.8 Å². The van der Waals surface area contributed by atoms with Gasteiger partial charge in [0.25, 0.3) is 5.91 Å². The molecular formula is C23H20FNO4. The molecule has 0 bridgehead atoms. The van der Waals surface area contributed by atoms with E-state index in [-0.39, 0.29) is 35.0 Å². The zero-order chi connectivity index (χ0) is 20.6. The second kappa shape index (κ2) is 9.61. The van der Waals surface area contributed by atoms with Crippen molar-refractivity contribution < 1.29 is 23.5 Å². The second-order valence-electron chi connectivity index (χ2n) is 6.18. The summed E-state index contributed by atoms with van der Waals surface area (Å²) in [7, 11) is 1.53. The molecule has 0 heterocycles. The summed E-state index contributed by atoms with van der Waals surface area (Å²) in [6, 6.07) is 19.4. The summed E-state index contributed by atoms with van der Waals surface area (Å²) in [4.78, 5) is 25.5. The molecule has 0 aliphatic heterocycles. The lowest BCUT2D eigenvalue weighted by Gasteiger charge is -2.11. The molecule has 0 spiro atoms. The highest BCUT2D eigenvalue weighted by atomic mass is 19.1. The number of methoxy groups -OCH3 is 1. The molecule has 0 saturated heterocycles. The number of ether oxygens (including phenoxy) is 2. The molecule has 5 nitrogen and oxygen atoms in total. The van der Waals surface area contributed by atoms with Gasteiger partial charge in [-0.25, -0.2) is 4.39 Å². The standard InChI is InChI=1S/C23H20FNO4/c1-28-13-14-29-21-12-11-17(15-20(21)24)25-23(27)19-10-6-5-9-18(19)22(26)16-7-3-2-4-8-16/h2-12,15H,13-14H2,1H3,(H,25,27). The van der Waals surface area contributed by atoms with E-state index in [9.17, 15) is 14.0 Å². The summed E-state index contributed by atoms with van der Waals surface area (Å²) < 4.78 is 24.3. The third-order valence-corrected chi connectivity index (χ3v) is 4.19. The molecule has 3 aromatic rings. The third-order valence-electron chi connectivity index (χ3n) is 4.19. The van der Waals surface area contributed by atoms with Crippen molar-refractivity contribution in [3.05, 3.63) is 95.3 Å². The molecule has 1 N–H and O–H groups in total. The molecule has 0 atom stereocenters. The molecule has 29 heavy (non-hydrogen) atoms. The lowest BCUT2D eigenvalue weighted by molar-refractivity contribution is 0.0996. The van der Waals surface area contributed by atoms with Crippen LogP contribution in [-0.4, -0.2) is 32.0 Å². The zero-order valence-electron chi connectivity index (χ0n) is 15.9. The number of rotatable bonds is 8. The maximum atomic E-state index is 14.2. The van der Waals surface area contributed by atoms with Crippen molar-refractivity contribution in [2.45, 2.75) is 0 Å². The fraction of sp³-hybridized carbons (Fsp3) is 0.130. The van der Waals surface area contributed by atoms with Gasteiger partial charge in [-0.15, -0.1) is 0 Å². The smallest absolute Gasteiger partial charge is 0.256 e. The third kappa shape index (κ3) is 5.06. The Morgan fingerprint density at radius 3 is 2.28 bits per heavy atom. The van der Waals surface area contributed by atoms with E-state index in [1.807, 2.05) is 6.07 Å². The van der Waals surface area contributed by atoms with E-state index in [1.54, 1.807) is 48.5 Å². The van der Waals surface area contributed by atoms with Crippen LogP contribution in [0.25, 0.3) is 0 Å². The second-order valence-corrected chi connectivity index (χ2v) is 6.18. The Hall–Kier alpha value is -3.51. The minimum Gasteiger partial charge on any atom is -0.488 e. The quantitative estimate of drug-likeness (QED) is 0.457. The number of halogens is 1. The Morgan fingerprint density at radius 1 is 0.897 bits per heavy atom. The number of hydrogen-bond donors (Lipinski definition) is 1. The Labute approximate surface area is 168 Å². The van der Waals surface area contributed by atoms with Gasteiger partial charge >= 0.3 is 0 Å². The summed E-state index contributed by atoms with van der Waals surface area (Å²) in [5.74, 6) is -1.30. The minimum atomic E-state index is -0.604. The highest BCUT2D eigenvalue weighted by Gasteiger charge is 2.18. The predicted octanol–water partition coefficient (Wildman–Crippen LogP) is 4.33. The minimum absolute atomic E-state index is 0.0692. The topological polar surface area (TPSA) is 64.6 Å². The number of amides is 1. The summed E-state index contributed by atoms with van der Waals surface area (Å²) in [6.07, 6.45) is 0. The highest BCUT2D eigenvalue weighted by molar-refractivity contribution is 6.17.